The van der Waals surface area contributed by atoms with Crippen LogP contribution in [0.1, 0.15) is 46.4 Å². The first kappa shape index (κ1) is 27.7. The number of rotatable bonds is 9. The average Bonchev–Trinajstić information content (AvgIpc) is 2.81. The maximum absolute atomic E-state index is 14.5. The Morgan fingerprint density at radius 2 is 1.41 bits per heavy atom. The predicted octanol–water partition coefficient (Wildman–Crippen LogP) is 4.05. The molecule has 2 amide bonds. The number of hydrogen-bond acceptors (Lipinski definition) is 5. The van der Waals surface area contributed by atoms with Gasteiger partial charge in [0.2, 0.25) is 0 Å². The van der Waals surface area contributed by atoms with Crippen LogP contribution in [0.25, 0.3) is 0 Å². The normalized spacial score (nSPS) is 17.5. The van der Waals surface area contributed by atoms with Gasteiger partial charge < -0.3 is 25.2 Å². The Labute approximate surface area is 207 Å². The zero-order valence-electron chi connectivity index (χ0n) is 19.2. The van der Waals surface area contributed by atoms with E-state index in [4.69, 9.17) is 9.84 Å². The van der Waals surface area contributed by atoms with Gasteiger partial charge in [0.25, 0.3) is 11.8 Å². The molecule has 2 aromatic rings. The summed E-state index contributed by atoms with van der Waals surface area (Å²) in [5.41, 5.74) is -0.807. The van der Waals surface area contributed by atoms with Crippen LogP contribution in [0.15, 0.2) is 36.4 Å². The molecular formula is C24H23F5N2O6. The fourth-order valence-corrected chi connectivity index (χ4v) is 3.81. The van der Waals surface area contributed by atoms with Crippen LogP contribution in [0.2, 0.25) is 0 Å². The highest BCUT2D eigenvalue weighted by atomic mass is 19.4. The standard InChI is InChI=1S/C24H23F5N2O6/c25-18-11-17(36-15-5-3-14(4-6-15)23(34)35)12-19(26)20(18)22(33)31-10-9-30-21(32)13-1-7-16(8-2-13)37-24(27,28)29/h1-2,7-8,11-12,14-15H,3-6,9-10H2,(H,30,32)(H,31,33)(H,34,35)/t14-,15+. The van der Waals surface area contributed by atoms with Crippen molar-refractivity contribution in [3.05, 3.63) is 59.2 Å². The summed E-state index contributed by atoms with van der Waals surface area (Å²) >= 11 is 0. The number of hydrogen-bond donors (Lipinski definition) is 3. The van der Waals surface area contributed by atoms with Gasteiger partial charge in [0.15, 0.2) is 0 Å². The van der Waals surface area contributed by atoms with E-state index in [0.717, 1.165) is 36.4 Å². The lowest BCUT2D eigenvalue weighted by atomic mass is 9.87. The number of halogens is 5. The lowest BCUT2D eigenvalue weighted by molar-refractivity contribution is -0.274. The van der Waals surface area contributed by atoms with Gasteiger partial charge in [0.05, 0.1) is 12.0 Å². The van der Waals surface area contributed by atoms with Gasteiger partial charge in [-0.3, -0.25) is 14.4 Å². The molecule has 0 atom stereocenters. The molecule has 8 nitrogen and oxygen atoms in total. The second-order valence-corrected chi connectivity index (χ2v) is 8.28. The maximum Gasteiger partial charge on any atom is 0.573 e. The molecule has 0 saturated heterocycles. The lowest BCUT2D eigenvalue weighted by Crippen LogP contribution is -2.35. The molecule has 200 valence electrons. The number of carbonyl (C=O) groups is 3. The third kappa shape index (κ3) is 8.05. The van der Waals surface area contributed by atoms with Crippen LogP contribution in [0.3, 0.4) is 0 Å². The van der Waals surface area contributed by atoms with Crippen LogP contribution >= 0.6 is 0 Å². The smallest absolute Gasteiger partial charge is 0.490 e. The molecule has 1 fully saturated rings. The Morgan fingerprint density at radius 1 is 0.865 bits per heavy atom. The molecule has 0 heterocycles. The molecule has 2 aromatic carbocycles. The van der Waals surface area contributed by atoms with E-state index in [1.807, 2.05) is 0 Å². The molecule has 1 saturated carbocycles. The van der Waals surface area contributed by atoms with Crippen LogP contribution in [0.5, 0.6) is 11.5 Å². The fraction of sp³-hybridized carbons (Fsp3) is 0.375. The van der Waals surface area contributed by atoms with Crippen molar-refractivity contribution in [1.82, 2.24) is 10.6 Å². The van der Waals surface area contributed by atoms with Crippen molar-refractivity contribution in [2.45, 2.75) is 38.1 Å². The number of benzene rings is 2. The van der Waals surface area contributed by atoms with Gasteiger partial charge in [-0.05, 0) is 49.9 Å². The van der Waals surface area contributed by atoms with E-state index in [0.29, 0.717) is 25.7 Å². The van der Waals surface area contributed by atoms with Gasteiger partial charge in [0, 0.05) is 30.8 Å². The number of carboxylic acids is 1. The lowest BCUT2D eigenvalue weighted by Gasteiger charge is -2.26. The van der Waals surface area contributed by atoms with Crippen molar-refractivity contribution in [3.63, 3.8) is 0 Å². The van der Waals surface area contributed by atoms with E-state index in [2.05, 4.69) is 15.4 Å². The highest BCUT2D eigenvalue weighted by molar-refractivity contribution is 5.95. The molecule has 0 unspecified atom stereocenters. The van der Waals surface area contributed by atoms with Gasteiger partial charge in [0.1, 0.15) is 28.7 Å². The molecule has 0 aromatic heterocycles. The van der Waals surface area contributed by atoms with Crippen molar-refractivity contribution < 1.29 is 50.9 Å². The third-order valence-corrected chi connectivity index (χ3v) is 5.62. The largest absolute Gasteiger partial charge is 0.573 e. The highest BCUT2D eigenvalue weighted by Gasteiger charge is 2.31. The summed E-state index contributed by atoms with van der Waals surface area (Å²) in [4.78, 5) is 35.3. The summed E-state index contributed by atoms with van der Waals surface area (Å²) < 4.78 is 74.8. The molecule has 3 rings (SSSR count). The molecular weight excluding hydrogens is 507 g/mol. The van der Waals surface area contributed by atoms with E-state index in [1.54, 1.807) is 0 Å². The molecule has 0 bridgehead atoms. The number of amides is 2. The fourth-order valence-electron chi connectivity index (χ4n) is 3.81. The minimum Gasteiger partial charge on any atom is -0.490 e. The Balaban J connectivity index is 1.47. The van der Waals surface area contributed by atoms with Gasteiger partial charge in [-0.25, -0.2) is 8.78 Å². The number of aliphatic carboxylic acids is 1. The third-order valence-electron chi connectivity index (χ3n) is 5.62. The highest BCUT2D eigenvalue weighted by Crippen LogP contribution is 2.29. The van der Waals surface area contributed by atoms with Crippen LogP contribution in [-0.4, -0.2) is 48.4 Å². The van der Waals surface area contributed by atoms with Crippen molar-refractivity contribution in [1.29, 1.82) is 0 Å². The molecule has 1 aliphatic rings. The first-order chi connectivity index (χ1) is 17.4. The molecule has 1 aliphatic carbocycles. The molecule has 3 N–H and O–H groups in total. The van der Waals surface area contributed by atoms with Crippen LogP contribution < -0.4 is 20.1 Å². The second kappa shape index (κ2) is 11.9. The maximum atomic E-state index is 14.5. The van der Waals surface area contributed by atoms with Crippen molar-refractivity contribution in [3.8, 4) is 11.5 Å². The first-order valence-electron chi connectivity index (χ1n) is 11.2. The number of alkyl halides is 3. The van der Waals surface area contributed by atoms with Gasteiger partial charge >= 0.3 is 12.3 Å². The SMILES string of the molecule is O=C(NCCNC(=O)c1c(F)cc(O[C@H]2CC[C@@H](C(=O)O)CC2)cc1F)c1ccc(OC(F)(F)F)cc1. The van der Waals surface area contributed by atoms with Gasteiger partial charge in [-0.15, -0.1) is 13.2 Å². The summed E-state index contributed by atoms with van der Waals surface area (Å²) in [7, 11) is 0. The average molecular weight is 530 g/mol. The molecule has 13 heteroatoms. The zero-order chi connectivity index (χ0) is 27.2. The van der Waals surface area contributed by atoms with E-state index in [-0.39, 0.29) is 24.4 Å². The summed E-state index contributed by atoms with van der Waals surface area (Å²) in [5.74, 6) is -6.00. The topological polar surface area (TPSA) is 114 Å². The Hall–Kier alpha value is -3.90. The van der Waals surface area contributed by atoms with Crippen LogP contribution in [0.4, 0.5) is 22.0 Å². The second-order valence-electron chi connectivity index (χ2n) is 8.28. The first-order valence-corrected chi connectivity index (χ1v) is 11.2. The quantitative estimate of drug-likeness (QED) is 0.333. The van der Waals surface area contributed by atoms with E-state index >= 15 is 0 Å². The summed E-state index contributed by atoms with van der Waals surface area (Å²) in [6.07, 6.45) is -3.65. The Kier molecular flexibility index (Phi) is 8.90. The number of carbonyl (C=O) groups excluding carboxylic acids is 2. The predicted molar refractivity (Wildman–Crippen MR) is 118 cm³/mol. The summed E-state index contributed by atoms with van der Waals surface area (Å²) in [5, 5.41) is 13.7. The monoisotopic (exact) mass is 530 g/mol. The Morgan fingerprint density at radius 3 is 1.92 bits per heavy atom. The molecule has 0 aliphatic heterocycles. The van der Waals surface area contributed by atoms with Gasteiger partial charge in [-0.2, -0.15) is 0 Å². The van der Waals surface area contributed by atoms with Crippen molar-refractivity contribution in [2.24, 2.45) is 5.92 Å². The molecule has 0 radical (unpaired) electrons. The van der Waals surface area contributed by atoms with E-state index < -0.39 is 59.1 Å². The van der Waals surface area contributed by atoms with Crippen LogP contribution in [-0.2, 0) is 4.79 Å². The number of ether oxygens (including phenoxy) is 2. The number of carboxylic acid groups (broad SMARTS) is 1. The minimum absolute atomic E-state index is 0.0324. The molecule has 37 heavy (non-hydrogen) atoms. The van der Waals surface area contributed by atoms with E-state index in [9.17, 15) is 36.3 Å². The zero-order valence-corrected chi connectivity index (χ0v) is 19.2. The summed E-state index contributed by atoms with van der Waals surface area (Å²) in [6, 6.07) is 5.89. The van der Waals surface area contributed by atoms with E-state index in [1.165, 1.54) is 0 Å². The van der Waals surface area contributed by atoms with Crippen molar-refractivity contribution in [2.75, 3.05) is 13.1 Å². The van der Waals surface area contributed by atoms with Crippen molar-refractivity contribution >= 4 is 17.8 Å². The minimum atomic E-state index is -4.86. The van der Waals surface area contributed by atoms with Gasteiger partial charge in [-0.1, -0.05) is 0 Å². The van der Waals surface area contributed by atoms with Crippen LogP contribution in [0, 0.1) is 17.6 Å². The molecule has 0 spiro atoms. The Bertz CT molecular complexity index is 1110. The number of nitrogens with one attached hydrogen (secondary N) is 2. The summed E-state index contributed by atoms with van der Waals surface area (Å²) in [6.45, 7) is -0.321.